The highest BCUT2D eigenvalue weighted by molar-refractivity contribution is 5.64. The highest BCUT2D eigenvalue weighted by Gasteiger charge is 2.21. The molecular weight excluding hydrogens is 250 g/mol. The van der Waals surface area contributed by atoms with E-state index in [-0.39, 0.29) is 11.6 Å². The van der Waals surface area contributed by atoms with Gasteiger partial charge in [0.15, 0.2) is 0 Å². The van der Waals surface area contributed by atoms with Gasteiger partial charge in [-0.2, -0.15) is 0 Å². The van der Waals surface area contributed by atoms with Crippen LogP contribution in [0.25, 0.3) is 5.57 Å². The van der Waals surface area contributed by atoms with Gasteiger partial charge in [-0.05, 0) is 31.9 Å². The lowest BCUT2D eigenvalue weighted by Gasteiger charge is -2.25. The first-order valence-corrected chi connectivity index (χ1v) is 6.84. The van der Waals surface area contributed by atoms with Crippen molar-refractivity contribution < 1.29 is 0 Å². The van der Waals surface area contributed by atoms with Crippen molar-refractivity contribution in [3.63, 3.8) is 0 Å². The van der Waals surface area contributed by atoms with Gasteiger partial charge in [0.1, 0.15) is 5.82 Å². The molecule has 0 amide bonds. The quantitative estimate of drug-likeness (QED) is 0.909. The van der Waals surface area contributed by atoms with E-state index in [0.29, 0.717) is 0 Å². The van der Waals surface area contributed by atoms with Gasteiger partial charge >= 0.3 is 0 Å². The molecule has 2 aromatic rings. The number of aromatic nitrogens is 2. The van der Waals surface area contributed by atoms with Gasteiger partial charge in [0.2, 0.25) is 0 Å². The van der Waals surface area contributed by atoms with Crippen LogP contribution in [-0.2, 0) is 0 Å². The van der Waals surface area contributed by atoms with Crippen LogP contribution in [0, 0.1) is 0 Å². The number of benzene rings is 1. The Labute approximate surface area is 117 Å². The van der Waals surface area contributed by atoms with Crippen LogP contribution in [0.5, 0.6) is 0 Å². The van der Waals surface area contributed by atoms with Crippen molar-refractivity contribution in [3.05, 3.63) is 65.0 Å². The molecule has 1 unspecified atom stereocenters. The maximum absolute atomic E-state index is 12.0. The Morgan fingerprint density at radius 1 is 1.30 bits per heavy atom. The number of para-hydroxylation sites is 1. The molecule has 0 fully saturated rings. The summed E-state index contributed by atoms with van der Waals surface area (Å²) in [5.74, 6) is 0.777. The Morgan fingerprint density at radius 2 is 2.10 bits per heavy atom. The minimum absolute atomic E-state index is 0.0211. The summed E-state index contributed by atoms with van der Waals surface area (Å²) in [6.07, 6.45) is 5.43. The van der Waals surface area contributed by atoms with Gasteiger partial charge < -0.3 is 5.32 Å². The number of hydrogen-bond acceptors (Lipinski definition) is 3. The average Bonchev–Trinajstić information content (AvgIpc) is 2.48. The molecule has 0 saturated carbocycles. The van der Waals surface area contributed by atoms with Gasteiger partial charge in [-0.15, -0.1) is 0 Å². The normalized spacial score (nSPS) is 19.6. The highest BCUT2D eigenvalue weighted by atomic mass is 16.1. The van der Waals surface area contributed by atoms with Gasteiger partial charge in [-0.25, -0.2) is 4.98 Å². The monoisotopic (exact) mass is 267 g/mol. The first kappa shape index (κ1) is 12.7. The van der Waals surface area contributed by atoms with Crippen molar-refractivity contribution in [2.75, 3.05) is 5.32 Å². The van der Waals surface area contributed by atoms with Crippen molar-refractivity contribution in [2.45, 2.75) is 25.8 Å². The van der Waals surface area contributed by atoms with Gasteiger partial charge in [0.25, 0.3) is 5.56 Å². The number of anilines is 1. The molecule has 0 spiro atoms. The van der Waals surface area contributed by atoms with E-state index >= 15 is 0 Å². The van der Waals surface area contributed by atoms with E-state index in [1.807, 2.05) is 36.5 Å². The molecule has 1 atom stereocenters. The second kappa shape index (κ2) is 5.33. The number of rotatable bonds is 2. The van der Waals surface area contributed by atoms with E-state index in [4.69, 9.17) is 0 Å². The summed E-state index contributed by atoms with van der Waals surface area (Å²) in [7, 11) is 0. The molecule has 3 rings (SSSR count). The molecular formula is C16H17N3O. The molecule has 1 aromatic carbocycles. The fraction of sp³-hybridized carbons (Fsp3) is 0.250. The molecule has 102 valence electrons. The zero-order chi connectivity index (χ0) is 13.9. The topological polar surface area (TPSA) is 46.9 Å². The third kappa shape index (κ3) is 2.37. The van der Waals surface area contributed by atoms with Crippen LogP contribution in [-0.4, -0.2) is 9.55 Å². The molecule has 0 radical (unpaired) electrons. The van der Waals surface area contributed by atoms with E-state index in [2.05, 4.69) is 17.2 Å². The lowest BCUT2D eigenvalue weighted by atomic mass is 10.0. The number of nitrogens with one attached hydrogen (secondary N) is 1. The number of allylic oxidation sites excluding steroid dienone is 1. The average molecular weight is 267 g/mol. The van der Waals surface area contributed by atoms with Crippen molar-refractivity contribution in [2.24, 2.45) is 0 Å². The third-order valence-corrected chi connectivity index (χ3v) is 3.63. The summed E-state index contributed by atoms with van der Waals surface area (Å²) >= 11 is 0. The Hall–Kier alpha value is -2.36. The summed E-state index contributed by atoms with van der Waals surface area (Å²) in [6, 6.07) is 11.7. The summed E-state index contributed by atoms with van der Waals surface area (Å²) in [5, 5.41) is 3.27. The van der Waals surface area contributed by atoms with E-state index in [1.54, 1.807) is 10.8 Å². The first-order chi connectivity index (χ1) is 9.75. The lowest BCUT2D eigenvalue weighted by molar-refractivity contribution is 0.463. The molecule has 2 heterocycles. The molecule has 1 aromatic heterocycles. The van der Waals surface area contributed by atoms with Crippen LogP contribution < -0.4 is 10.9 Å². The predicted octanol–water partition coefficient (Wildman–Crippen LogP) is 3.05. The van der Waals surface area contributed by atoms with Gasteiger partial charge in [0.05, 0.1) is 0 Å². The minimum atomic E-state index is 0.0211. The van der Waals surface area contributed by atoms with E-state index in [0.717, 1.165) is 29.9 Å². The van der Waals surface area contributed by atoms with Gasteiger partial charge in [-0.1, -0.05) is 18.2 Å². The number of nitrogens with zero attached hydrogens (tertiary/aromatic N) is 2. The summed E-state index contributed by atoms with van der Waals surface area (Å²) in [6.45, 7) is 2.06. The van der Waals surface area contributed by atoms with Crippen LogP contribution in [0.2, 0.25) is 0 Å². The van der Waals surface area contributed by atoms with Crippen LogP contribution in [0.3, 0.4) is 0 Å². The van der Waals surface area contributed by atoms with Crippen LogP contribution in [0.15, 0.2) is 53.6 Å². The van der Waals surface area contributed by atoms with E-state index in [9.17, 15) is 4.79 Å². The second-order valence-electron chi connectivity index (χ2n) is 5.04. The fourth-order valence-electron chi connectivity index (χ4n) is 2.53. The second-order valence-corrected chi connectivity index (χ2v) is 5.04. The molecule has 20 heavy (non-hydrogen) atoms. The Balaban J connectivity index is 1.95. The Morgan fingerprint density at radius 3 is 2.90 bits per heavy atom. The van der Waals surface area contributed by atoms with Crippen molar-refractivity contribution in [3.8, 4) is 0 Å². The number of fused-ring (bicyclic) bond motifs is 1. The molecule has 0 bridgehead atoms. The Bertz CT molecular complexity index is 688. The van der Waals surface area contributed by atoms with Crippen LogP contribution in [0.4, 0.5) is 5.69 Å². The van der Waals surface area contributed by atoms with Crippen molar-refractivity contribution >= 4 is 11.3 Å². The molecule has 1 aliphatic heterocycles. The summed E-state index contributed by atoms with van der Waals surface area (Å²) in [4.78, 5) is 16.3. The van der Waals surface area contributed by atoms with Gasteiger partial charge in [-0.3, -0.25) is 9.36 Å². The zero-order valence-corrected chi connectivity index (χ0v) is 11.4. The smallest absolute Gasteiger partial charge is 0.253 e. The molecule has 1 aliphatic rings. The Kier molecular flexibility index (Phi) is 3.37. The molecule has 0 saturated heterocycles. The zero-order valence-electron chi connectivity index (χ0n) is 11.4. The fourth-order valence-corrected chi connectivity index (χ4v) is 2.53. The lowest BCUT2D eigenvalue weighted by Crippen LogP contribution is -2.29. The van der Waals surface area contributed by atoms with Crippen LogP contribution in [0.1, 0.15) is 31.6 Å². The third-order valence-electron chi connectivity index (χ3n) is 3.63. The standard InChI is InChI=1S/C16H17N3O/c1-12-7-8-13(11-18-14-5-3-2-4-6-14)16-17-10-9-15(20)19(12)16/h2-6,9-12,18H,7-8H2,1H3/b13-11+. The first-order valence-electron chi connectivity index (χ1n) is 6.84. The molecule has 1 N–H and O–H groups in total. The van der Waals surface area contributed by atoms with Crippen molar-refractivity contribution in [1.82, 2.24) is 9.55 Å². The largest absolute Gasteiger partial charge is 0.361 e. The minimum Gasteiger partial charge on any atom is -0.361 e. The predicted molar refractivity (Wildman–Crippen MR) is 80.5 cm³/mol. The molecule has 0 aliphatic carbocycles. The van der Waals surface area contributed by atoms with Gasteiger partial charge in [0, 0.05) is 35.8 Å². The summed E-state index contributed by atoms with van der Waals surface area (Å²) in [5.41, 5.74) is 2.13. The van der Waals surface area contributed by atoms with Crippen molar-refractivity contribution in [1.29, 1.82) is 0 Å². The van der Waals surface area contributed by atoms with Crippen LogP contribution >= 0.6 is 0 Å². The van der Waals surface area contributed by atoms with E-state index in [1.165, 1.54) is 6.07 Å². The maximum atomic E-state index is 12.0. The number of hydrogen-bond donors (Lipinski definition) is 1. The maximum Gasteiger partial charge on any atom is 0.253 e. The molecule has 4 nitrogen and oxygen atoms in total. The van der Waals surface area contributed by atoms with E-state index < -0.39 is 0 Å². The SMILES string of the molecule is CC1CC/C(=C\Nc2ccccc2)c2nccc(=O)n21. The summed E-state index contributed by atoms with van der Waals surface area (Å²) < 4.78 is 1.78. The highest BCUT2D eigenvalue weighted by Crippen LogP contribution is 2.29. The molecule has 4 heteroatoms.